The van der Waals surface area contributed by atoms with Crippen LogP contribution in [-0.2, 0) is 9.59 Å². The van der Waals surface area contributed by atoms with E-state index < -0.39 is 5.97 Å². The zero-order valence-electron chi connectivity index (χ0n) is 12.8. The SMILES string of the molecule is CCC(C)N(CC(=O)O)C(=O)CSc1nncn1C(C)C. The van der Waals surface area contributed by atoms with Crippen molar-refractivity contribution < 1.29 is 14.7 Å². The summed E-state index contributed by atoms with van der Waals surface area (Å²) in [7, 11) is 0. The van der Waals surface area contributed by atoms with Crippen molar-refractivity contribution in [3.8, 4) is 0 Å². The molecule has 1 amide bonds. The van der Waals surface area contributed by atoms with Gasteiger partial charge in [0.15, 0.2) is 5.16 Å². The third-order valence-corrected chi connectivity index (χ3v) is 4.11. The standard InChI is InChI=1S/C13H22N4O3S/c1-5-10(4)16(6-12(19)20)11(18)7-21-13-15-14-8-17(13)9(2)3/h8-10H,5-7H2,1-4H3,(H,19,20). The highest BCUT2D eigenvalue weighted by atomic mass is 32.2. The van der Waals surface area contributed by atoms with Crippen molar-refractivity contribution in [2.45, 2.75) is 51.4 Å². The molecule has 0 fully saturated rings. The van der Waals surface area contributed by atoms with Gasteiger partial charge in [-0.1, -0.05) is 18.7 Å². The van der Waals surface area contributed by atoms with Crippen LogP contribution in [0.5, 0.6) is 0 Å². The van der Waals surface area contributed by atoms with Gasteiger partial charge in [-0.2, -0.15) is 0 Å². The monoisotopic (exact) mass is 314 g/mol. The molecule has 0 spiro atoms. The third-order valence-electron chi connectivity index (χ3n) is 3.17. The Morgan fingerprint density at radius 1 is 1.43 bits per heavy atom. The predicted molar refractivity (Wildman–Crippen MR) is 80.2 cm³/mol. The summed E-state index contributed by atoms with van der Waals surface area (Å²) < 4.78 is 1.88. The van der Waals surface area contributed by atoms with Crippen LogP contribution in [0.3, 0.4) is 0 Å². The molecule has 1 aromatic rings. The Bertz CT molecular complexity index is 490. The molecule has 8 heteroatoms. The lowest BCUT2D eigenvalue weighted by molar-refractivity contribution is -0.144. The fourth-order valence-electron chi connectivity index (χ4n) is 1.75. The molecule has 0 aliphatic heterocycles. The van der Waals surface area contributed by atoms with E-state index in [1.165, 1.54) is 16.7 Å². The lowest BCUT2D eigenvalue weighted by Crippen LogP contribution is -2.42. The maximum absolute atomic E-state index is 12.2. The summed E-state index contributed by atoms with van der Waals surface area (Å²) in [5.41, 5.74) is 0. The van der Waals surface area contributed by atoms with E-state index in [2.05, 4.69) is 10.2 Å². The number of carbonyl (C=O) groups excluding carboxylic acids is 1. The van der Waals surface area contributed by atoms with E-state index in [9.17, 15) is 9.59 Å². The number of nitrogens with zero attached hydrogens (tertiary/aromatic N) is 4. The van der Waals surface area contributed by atoms with Crippen molar-refractivity contribution in [1.82, 2.24) is 19.7 Å². The second-order valence-electron chi connectivity index (χ2n) is 5.08. The maximum atomic E-state index is 12.2. The van der Waals surface area contributed by atoms with E-state index in [1.54, 1.807) is 6.33 Å². The van der Waals surface area contributed by atoms with Crippen molar-refractivity contribution >= 4 is 23.6 Å². The molecular weight excluding hydrogens is 292 g/mol. The summed E-state index contributed by atoms with van der Waals surface area (Å²) in [5, 5.41) is 17.4. The van der Waals surface area contributed by atoms with Gasteiger partial charge in [0.1, 0.15) is 12.9 Å². The first-order valence-corrected chi connectivity index (χ1v) is 7.88. The van der Waals surface area contributed by atoms with Gasteiger partial charge in [-0.25, -0.2) is 0 Å². The van der Waals surface area contributed by atoms with Crippen LogP contribution in [0.2, 0.25) is 0 Å². The lowest BCUT2D eigenvalue weighted by atomic mass is 10.2. The number of carbonyl (C=O) groups is 2. The van der Waals surface area contributed by atoms with Crippen LogP contribution >= 0.6 is 11.8 Å². The summed E-state index contributed by atoms with van der Waals surface area (Å²) in [4.78, 5) is 24.5. The number of carboxylic acid groups (broad SMARTS) is 1. The van der Waals surface area contributed by atoms with E-state index >= 15 is 0 Å². The first-order valence-electron chi connectivity index (χ1n) is 6.90. The highest BCUT2D eigenvalue weighted by Crippen LogP contribution is 2.19. The van der Waals surface area contributed by atoms with Gasteiger partial charge in [-0.05, 0) is 27.2 Å². The molecule has 1 rings (SSSR count). The number of thioether (sulfide) groups is 1. The van der Waals surface area contributed by atoms with Gasteiger partial charge >= 0.3 is 5.97 Å². The Kier molecular flexibility index (Phi) is 6.67. The highest BCUT2D eigenvalue weighted by Gasteiger charge is 2.22. The topological polar surface area (TPSA) is 88.3 Å². The number of hydrogen-bond acceptors (Lipinski definition) is 5. The summed E-state index contributed by atoms with van der Waals surface area (Å²) in [6.45, 7) is 7.51. The summed E-state index contributed by atoms with van der Waals surface area (Å²) in [6.07, 6.45) is 2.34. The number of carboxylic acids is 1. The zero-order chi connectivity index (χ0) is 16.0. The number of amides is 1. The third kappa shape index (κ3) is 5.04. The molecule has 7 nitrogen and oxygen atoms in total. The van der Waals surface area contributed by atoms with Gasteiger partial charge in [0.2, 0.25) is 5.91 Å². The molecule has 1 N–H and O–H groups in total. The van der Waals surface area contributed by atoms with Gasteiger partial charge in [0.25, 0.3) is 0 Å². The lowest BCUT2D eigenvalue weighted by Gasteiger charge is -2.26. The number of hydrogen-bond donors (Lipinski definition) is 1. The minimum atomic E-state index is -1.00. The minimum absolute atomic E-state index is 0.0998. The molecule has 0 bridgehead atoms. The highest BCUT2D eigenvalue weighted by molar-refractivity contribution is 7.99. The Labute approximate surface area is 128 Å². The van der Waals surface area contributed by atoms with Crippen molar-refractivity contribution in [2.24, 2.45) is 0 Å². The molecule has 0 saturated carbocycles. The van der Waals surface area contributed by atoms with Crippen LogP contribution in [0.15, 0.2) is 11.5 Å². The second kappa shape index (κ2) is 8.02. The van der Waals surface area contributed by atoms with E-state index in [1.807, 2.05) is 32.3 Å². The molecule has 21 heavy (non-hydrogen) atoms. The number of aliphatic carboxylic acids is 1. The fraction of sp³-hybridized carbons (Fsp3) is 0.692. The van der Waals surface area contributed by atoms with Gasteiger partial charge in [-0.15, -0.1) is 10.2 Å². The fourth-order valence-corrected chi connectivity index (χ4v) is 2.68. The molecule has 0 aromatic carbocycles. The first kappa shape index (κ1) is 17.5. The van der Waals surface area contributed by atoms with E-state index in [0.29, 0.717) is 11.6 Å². The van der Waals surface area contributed by atoms with Crippen LogP contribution in [-0.4, -0.2) is 55.0 Å². The molecule has 1 atom stereocenters. The van der Waals surface area contributed by atoms with E-state index in [4.69, 9.17) is 5.11 Å². The Morgan fingerprint density at radius 3 is 2.62 bits per heavy atom. The average molecular weight is 314 g/mol. The Morgan fingerprint density at radius 2 is 2.10 bits per heavy atom. The molecule has 0 aliphatic rings. The van der Waals surface area contributed by atoms with Gasteiger partial charge in [0, 0.05) is 12.1 Å². The Balaban J connectivity index is 2.69. The molecular formula is C13H22N4O3S. The molecule has 0 saturated heterocycles. The summed E-state index contributed by atoms with van der Waals surface area (Å²) >= 11 is 1.28. The van der Waals surface area contributed by atoms with Gasteiger partial charge in [-0.3, -0.25) is 9.59 Å². The van der Waals surface area contributed by atoms with E-state index in [0.717, 1.165) is 0 Å². The second-order valence-corrected chi connectivity index (χ2v) is 6.02. The van der Waals surface area contributed by atoms with Crippen molar-refractivity contribution in [3.63, 3.8) is 0 Å². The molecule has 1 heterocycles. The molecule has 1 unspecified atom stereocenters. The van der Waals surface area contributed by atoms with Crippen molar-refractivity contribution in [2.75, 3.05) is 12.3 Å². The minimum Gasteiger partial charge on any atom is -0.480 e. The molecule has 118 valence electrons. The van der Waals surface area contributed by atoms with E-state index in [-0.39, 0.29) is 30.3 Å². The summed E-state index contributed by atoms with van der Waals surface area (Å²) in [5.74, 6) is -1.04. The predicted octanol–water partition coefficient (Wildman–Crippen LogP) is 1.66. The molecule has 1 aromatic heterocycles. The molecule has 0 aliphatic carbocycles. The number of aromatic nitrogens is 3. The van der Waals surface area contributed by atoms with Crippen LogP contribution < -0.4 is 0 Å². The maximum Gasteiger partial charge on any atom is 0.323 e. The molecule has 0 radical (unpaired) electrons. The Hall–Kier alpha value is -1.57. The van der Waals surface area contributed by atoms with Crippen LogP contribution in [0.25, 0.3) is 0 Å². The first-order chi connectivity index (χ1) is 9.86. The summed E-state index contributed by atoms with van der Waals surface area (Å²) in [6, 6.07) is 0.111. The van der Waals surface area contributed by atoms with Crippen molar-refractivity contribution in [3.05, 3.63) is 6.33 Å². The van der Waals surface area contributed by atoms with Gasteiger partial charge < -0.3 is 14.6 Å². The number of rotatable bonds is 8. The normalized spacial score (nSPS) is 12.4. The van der Waals surface area contributed by atoms with Crippen LogP contribution in [0.4, 0.5) is 0 Å². The largest absolute Gasteiger partial charge is 0.480 e. The van der Waals surface area contributed by atoms with Crippen molar-refractivity contribution in [1.29, 1.82) is 0 Å². The van der Waals surface area contributed by atoms with Crippen LogP contribution in [0.1, 0.15) is 40.2 Å². The quantitative estimate of drug-likeness (QED) is 0.734. The average Bonchev–Trinajstić information content (AvgIpc) is 2.89. The smallest absolute Gasteiger partial charge is 0.323 e. The van der Waals surface area contributed by atoms with Gasteiger partial charge in [0.05, 0.1) is 5.75 Å². The van der Waals surface area contributed by atoms with Crippen LogP contribution in [0, 0.1) is 0 Å². The zero-order valence-corrected chi connectivity index (χ0v) is 13.6.